The zero-order chi connectivity index (χ0) is 16.3. The van der Waals surface area contributed by atoms with E-state index in [1.165, 1.54) is 6.92 Å². The molecule has 1 aromatic carbocycles. The Morgan fingerprint density at radius 3 is 2.59 bits per heavy atom. The van der Waals surface area contributed by atoms with Crippen molar-refractivity contribution in [1.82, 2.24) is 0 Å². The molecule has 1 aromatic rings. The minimum Gasteiger partial charge on any atom is -0.462 e. The summed E-state index contributed by atoms with van der Waals surface area (Å²) in [4.78, 5) is 23.0. The maximum Gasteiger partial charge on any atom is 0.338 e. The van der Waals surface area contributed by atoms with E-state index in [4.69, 9.17) is 14.2 Å². The Bertz CT molecular complexity index is 626. The molecule has 1 atom stereocenters. The smallest absolute Gasteiger partial charge is 0.338 e. The molecule has 1 aliphatic rings. The van der Waals surface area contributed by atoms with Gasteiger partial charge in [0.2, 0.25) is 0 Å². The third-order valence-electron chi connectivity index (χ3n) is 3.59. The molecular formula is C17H20O5. The highest BCUT2D eigenvalue weighted by atomic mass is 16.6. The van der Waals surface area contributed by atoms with Crippen molar-refractivity contribution < 1.29 is 23.8 Å². The van der Waals surface area contributed by atoms with E-state index in [-0.39, 0.29) is 12.6 Å². The molecule has 0 amide bonds. The SMILES string of the molecule is C/C=C(\C)C(=O)Oc1cc(C)ccc1C1(COC(C)=O)CO1. The minimum absolute atomic E-state index is 0.110. The van der Waals surface area contributed by atoms with Gasteiger partial charge in [-0.05, 0) is 32.4 Å². The molecule has 1 fully saturated rings. The molecular weight excluding hydrogens is 284 g/mol. The molecule has 1 unspecified atom stereocenters. The van der Waals surface area contributed by atoms with Gasteiger partial charge >= 0.3 is 11.9 Å². The van der Waals surface area contributed by atoms with Gasteiger partial charge in [-0.15, -0.1) is 0 Å². The highest BCUT2D eigenvalue weighted by Crippen LogP contribution is 2.44. The van der Waals surface area contributed by atoms with Crippen LogP contribution in [-0.4, -0.2) is 25.2 Å². The van der Waals surface area contributed by atoms with Crippen LogP contribution < -0.4 is 4.74 Å². The second-order valence-electron chi connectivity index (χ2n) is 5.42. The lowest BCUT2D eigenvalue weighted by Crippen LogP contribution is -2.21. The van der Waals surface area contributed by atoms with Crippen molar-refractivity contribution in [2.45, 2.75) is 33.3 Å². The molecule has 5 nitrogen and oxygen atoms in total. The van der Waals surface area contributed by atoms with Crippen LogP contribution in [0.25, 0.3) is 0 Å². The second-order valence-corrected chi connectivity index (χ2v) is 5.42. The van der Waals surface area contributed by atoms with Crippen LogP contribution in [0.15, 0.2) is 29.8 Å². The zero-order valence-electron chi connectivity index (χ0n) is 13.3. The van der Waals surface area contributed by atoms with Crippen LogP contribution in [0.1, 0.15) is 31.9 Å². The molecule has 1 heterocycles. The summed E-state index contributed by atoms with van der Waals surface area (Å²) >= 11 is 0. The Labute approximate surface area is 129 Å². The fourth-order valence-corrected chi connectivity index (χ4v) is 2.01. The predicted octanol–water partition coefficient (Wildman–Crippen LogP) is 2.66. The largest absolute Gasteiger partial charge is 0.462 e. The number of allylic oxidation sites excluding steroid dienone is 1. The predicted molar refractivity (Wildman–Crippen MR) is 80.5 cm³/mol. The van der Waals surface area contributed by atoms with Gasteiger partial charge in [0.15, 0.2) is 5.60 Å². The lowest BCUT2D eigenvalue weighted by molar-refractivity contribution is -0.143. The first kappa shape index (κ1) is 16.2. The molecule has 5 heteroatoms. The zero-order valence-corrected chi connectivity index (χ0v) is 13.3. The van der Waals surface area contributed by atoms with E-state index in [0.29, 0.717) is 17.9 Å². The van der Waals surface area contributed by atoms with E-state index in [0.717, 1.165) is 11.1 Å². The molecule has 1 saturated heterocycles. The first-order valence-electron chi connectivity index (χ1n) is 7.11. The average Bonchev–Trinajstić information content (AvgIpc) is 3.25. The van der Waals surface area contributed by atoms with Crippen LogP contribution in [-0.2, 0) is 24.7 Å². The molecule has 2 rings (SSSR count). The molecule has 0 radical (unpaired) electrons. The van der Waals surface area contributed by atoms with Gasteiger partial charge in [0.1, 0.15) is 12.4 Å². The van der Waals surface area contributed by atoms with Gasteiger partial charge < -0.3 is 14.2 Å². The molecule has 0 N–H and O–H groups in total. The first-order valence-corrected chi connectivity index (χ1v) is 7.11. The third-order valence-corrected chi connectivity index (χ3v) is 3.59. The molecule has 118 valence electrons. The number of rotatable bonds is 5. The van der Waals surface area contributed by atoms with Crippen LogP contribution in [0.3, 0.4) is 0 Å². The van der Waals surface area contributed by atoms with Crippen molar-refractivity contribution in [2.24, 2.45) is 0 Å². The average molecular weight is 304 g/mol. The Balaban J connectivity index is 2.28. The number of hydrogen-bond acceptors (Lipinski definition) is 5. The molecule has 0 spiro atoms. The quantitative estimate of drug-likeness (QED) is 0.362. The fraction of sp³-hybridized carbons (Fsp3) is 0.412. The number of epoxide rings is 1. The number of aryl methyl sites for hydroxylation is 1. The number of esters is 2. The van der Waals surface area contributed by atoms with Gasteiger partial charge in [0.05, 0.1) is 6.61 Å². The normalized spacial score (nSPS) is 20.5. The van der Waals surface area contributed by atoms with Gasteiger partial charge in [-0.1, -0.05) is 18.2 Å². The van der Waals surface area contributed by atoms with Gasteiger partial charge in [-0.25, -0.2) is 4.79 Å². The molecule has 0 saturated carbocycles. The van der Waals surface area contributed by atoms with Gasteiger partial charge in [-0.2, -0.15) is 0 Å². The van der Waals surface area contributed by atoms with Crippen LogP contribution in [0.5, 0.6) is 5.75 Å². The number of carbonyl (C=O) groups excluding carboxylic acids is 2. The van der Waals surface area contributed by atoms with E-state index < -0.39 is 11.6 Å². The van der Waals surface area contributed by atoms with Crippen LogP contribution in [0, 0.1) is 6.92 Å². The summed E-state index contributed by atoms with van der Waals surface area (Å²) in [5.74, 6) is -0.334. The van der Waals surface area contributed by atoms with Gasteiger partial charge in [0, 0.05) is 18.1 Å². The van der Waals surface area contributed by atoms with Crippen LogP contribution >= 0.6 is 0 Å². The maximum absolute atomic E-state index is 12.0. The summed E-state index contributed by atoms with van der Waals surface area (Å²) in [7, 11) is 0. The summed E-state index contributed by atoms with van der Waals surface area (Å²) in [6, 6.07) is 5.54. The van der Waals surface area contributed by atoms with E-state index in [9.17, 15) is 9.59 Å². The molecule has 22 heavy (non-hydrogen) atoms. The topological polar surface area (TPSA) is 65.1 Å². The van der Waals surface area contributed by atoms with Crippen LogP contribution in [0.4, 0.5) is 0 Å². The first-order chi connectivity index (χ1) is 10.4. The summed E-state index contributed by atoms with van der Waals surface area (Å²) in [5.41, 5.74) is 1.50. The van der Waals surface area contributed by atoms with Gasteiger partial charge in [0.25, 0.3) is 0 Å². The number of ether oxygens (including phenoxy) is 3. The Hall–Kier alpha value is -2.14. The second kappa shape index (κ2) is 6.32. The summed E-state index contributed by atoms with van der Waals surface area (Å²) in [5, 5.41) is 0. The Morgan fingerprint density at radius 2 is 2.05 bits per heavy atom. The third kappa shape index (κ3) is 3.54. The van der Waals surface area contributed by atoms with E-state index in [1.807, 2.05) is 19.1 Å². The molecule has 0 aromatic heterocycles. The molecule has 1 aliphatic heterocycles. The fourth-order valence-electron chi connectivity index (χ4n) is 2.01. The van der Waals surface area contributed by atoms with E-state index in [1.54, 1.807) is 26.0 Å². The number of benzene rings is 1. The summed E-state index contributed by atoms with van der Waals surface area (Å²) in [6.07, 6.45) is 1.69. The van der Waals surface area contributed by atoms with Crippen molar-refractivity contribution in [1.29, 1.82) is 0 Å². The Morgan fingerprint density at radius 1 is 1.36 bits per heavy atom. The van der Waals surface area contributed by atoms with Crippen molar-refractivity contribution >= 4 is 11.9 Å². The lowest BCUT2D eigenvalue weighted by Gasteiger charge is -2.17. The maximum atomic E-state index is 12.0. The minimum atomic E-state index is -0.710. The van der Waals surface area contributed by atoms with Crippen molar-refractivity contribution in [3.8, 4) is 5.75 Å². The standard InChI is InChI=1S/C17H20O5/c1-5-12(3)16(19)22-15-8-11(2)6-7-14(15)17(10-21-17)9-20-13(4)18/h5-8H,9-10H2,1-4H3/b12-5+. The Kier molecular flexibility index (Phi) is 4.66. The van der Waals surface area contributed by atoms with Crippen molar-refractivity contribution in [3.63, 3.8) is 0 Å². The van der Waals surface area contributed by atoms with E-state index in [2.05, 4.69) is 0 Å². The molecule has 0 bridgehead atoms. The van der Waals surface area contributed by atoms with Crippen molar-refractivity contribution in [3.05, 3.63) is 41.0 Å². The van der Waals surface area contributed by atoms with E-state index >= 15 is 0 Å². The summed E-state index contributed by atoms with van der Waals surface area (Å²) in [6.45, 7) is 7.27. The number of hydrogen-bond donors (Lipinski definition) is 0. The highest BCUT2D eigenvalue weighted by molar-refractivity contribution is 5.89. The lowest BCUT2D eigenvalue weighted by atomic mass is 9.98. The number of carbonyl (C=O) groups is 2. The van der Waals surface area contributed by atoms with Gasteiger partial charge in [-0.3, -0.25) is 4.79 Å². The van der Waals surface area contributed by atoms with Crippen molar-refractivity contribution in [2.75, 3.05) is 13.2 Å². The molecule has 0 aliphatic carbocycles. The highest BCUT2D eigenvalue weighted by Gasteiger charge is 2.50. The monoisotopic (exact) mass is 304 g/mol. The summed E-state index contributed by atoms with van der Waals surface area (Å²) < 4.78 is 16.0. The van der Waals surface area contributed by atoms with Crippen LogP contribution in [0.2, 0.25) is 0 Å².